The van der Waals surface area contributed by atoms with Crippen LogP contribution in [0.3, 0.4) is 0 Å². The number of aryl methyl sites for hydroxylation is 1. The molecular formula is C25H22F2N4O3. The second-order valence-corrected chi connectivity index (χ2v) is 7.70. The lowest BCUT2D eigenvalue weighted by atomic mass is 10.0. The van der Waals surface area contributed by atoms with E-state index < -0.39 is 18.6 Å². The van der Waals surface area contributed by atoms with E-state index in [1.165, 1.54) is 30.5 Å². The first kappa shape index (κ1) is 22.9. The number of benzene rings is 2. The molecule has 0 unspecified atom stereocenters. The summed E-state index contributed by atoms with van der Waals surface area (Å²) in [6, 6.07) is 16.1. The Morgan fingerprint density at radius 1 is 1.03 bits per heavy atom. The van der Waals surface area contributed by atoms with Gasteiger partial charge < -0.3 is 15.4 Å². The van der Waals surface area contributed by atoms with Crippen molar-refractivity contribution >= 4 is 23.1 Å². The van der Waals surface area contributed by atoms with Gasteiger partial charge in [0.15, 0.2) is 0 Å². The van der Waals surface area contributed by atoms with Crippen molar-refractivity contribution in [1.82, 2.24) is 14.7 Å². The first-order valence-electron chi connectivity index (χ1n) is 10.5. The zero-order valence-corrected chi connectivity index (χ0v) is 18.5. The summed E-state index contributed by atoms with van der Waals surface area (Å²) < 4.78 is 31.0. The molecule has 2 aromatic heterocycles. The second-order valence-electron chi connectivity index (χ2n) is 7.70. The maximum Gasteiger partial charge on any atom is 0.387 e. The van der Waals surface area contributed by atoms with E-state index in [0.29, 0.717) is 17.0 Å². The molecule has 4 rings (SSSR count). The van der Waals surface area contributed by atoms with E-state index in [0.717, 1.165) is 11.1 Å². The van der Waals surface area contributed by atoms with Gasteiger partial charge in [0, 0.05) is 17.4 Å². The van der Waals surface area contributed by atoms with Gasteiger partial charge >= 0.3 is 6.61 Å². The van der Waals surface area contributed by atoms with Crippen LogP contribution in [-0.2, 0) is 0 Å². The van der Waals surface area contributed by atoms with Crippen molar-refractivity contribution in [3.63, 3.8) is 0 Å². The van der Waals surface area contributed by atoms with Crippen molar-refractivity contribution in [2.75, 3.05) is 5.32 Å². The molecule has 0 saturated carbocycles. The molecule has 7 nitrogen and oxygen atoms in total. The van der Waals surface area contributed by atoms with Crippen LogP contribution >= 0.6 is 0 Å². The summed E-state index contributed by atoms with van der Waals surface area (Å²) in [4.78, 5) is 29.8. The Balaban J connectivity index is 1.49. The third-order valence-corrected chi connectivity index (χ3v) is 5.33. The van der Waals surface area contributed by atoms with E-state index in [1.807, 2.05) is 37.3 Å². The SMILES string of the molecule is Cc1ccc([C@H](C)NC(=O)c2cccc(OC(F)F)c2)cc1NC(=O)c1cnc2ccccn12. The quantitative estimate of drug-likeness (QED) is 0.404. The Morgan fingerprint density at radius 3 is 2.65 bits per heavy atom. The minimum Gasteiger partial charge on any atom is -0.435 e. The topological polar surface area (TPSA) is 84.7 Å². The molecule has 0 aliphatic rings. The molecule has 0 aliphatic heterocycles. The molecule has 2 heterocycles. The molecule has 9 heteroatoms. The number of alkyl halides is 2. The highest BCUT2D eigenvalue weighted by Gasteiger charge is 2.17. The Morgan fingerprint density at radius 2 is 1.85 bits per heavy atom. The van der Waals surface area contributed by atoms with Gasteiger partial charge in [-0.05, 0) is 61.4 Å². The third kappa shape index (κ3) is 5.03. The number of pyridine rings is 1. The van der Waals surface area contributed by atoms with Gasteiger partial charge in [-0.15, -0.1) is 0 Å². The molecule has 2 N–H and O–H groups in total. The second kappa shape index (κ2) is 9.70. The predicted octanol–water partition coefficient (Wildman–Crippen LogP) is 4.99. The van der Waals surface area contributed by atoms with Crippen molar-refractivity contribution in [1.29, 1.82) is 0 Å². The van der Waals surface area contributed by atoms with Gasteiger partial charge in [0.2, 0.25) is 0 Å². The van der Waals surface area contributed by atoms with E-state index in [4.69, 9.17) is 0 Å². The number of hydrogen-bond acceptors (Lipinski definition) is 4. The Bertz CT molecular complexity index is 1350. The molecule has 34 heavy (non-hydrogen) atoms. The molecule has 2 aromatic carbocycles. The summed E-state index contributed by atoms with van der Waals surface area (Å²) in [7, 11) is 0. The number of carbonyl (C=O) groups excluding carboxylic acids is 2. The summed E-state index contributed by atoms with van der Waals surface area (Å²) in [6.07, 6.45) is 3.28. The van der Waals surface area contributed by atoms with Crippen molar-refractivity contribution < 1.29 is 23.1 Å². The Kier molecular flexibility index (Phi) is 6.53. The number of anilines is 1. The number of nitrogens with one attached hydrogen (secondary N) is 2. The number of aromatic nitrogens is 2. The number of hydrogen-bond donors (Lipinski definition) is 2. The number of rotatable bonds is 7. The molecule has 2 amide bonds. The molecule has 1 atom stereocenters. The predicted molar refractivity (Wildman–Crippen MR) is 123 cm³/mol. The molecule has 0 radical (unpaired) electrons. The molecule has 0 bridgehead atoms. The van der Waals surface area contributed by atoms with E-state index in [2.05, 4.69) is 20.4 Å². The zero-order valence-electron chi connectivity index (χ0n) is 18.5. The molecule has 0 saturated heterocycles. The summed E-state index contributed by atoms with van der Waals surface area (Å²) in [5, 5.41) is 5.75. The van der Waals surface area contributed by atoms with Crippen LogP contribution < -0.4 is 15.4 Å². The highest BCUT2D eigenvalue weighted by molar-refractivity contribution is 6.04. The van der Waals surface area contributed by atoms with Crippen LogP contribution in [0.4, 0.5) is 14.5 Å². The average molecular weight is 464 g/mol. The number of halogens is 2. The summed E-state index contributed by atoms with van der Waals surface area (Å²) in [5.41, 5.74) is 3.46. The number of nitrogens with zero attached hydrogens (tertiary/aromatic N) is 2. The van der Waals surface area contributed by atoms with Crippen LogP contribution in [0.1, 0.15) is 44.9 Å². The molecule has 4 aromatic rings. The fourth-order valence-corrected chi connectivity index (χ4v) is 3.51. The fraction of sp³-hybridized carbons (Fsp3) is 0.160. The Labute approximate surface area is 194 Å². The maximum atomic E-state index is 12.9. The number of imidazole rings is 1. The summed E-state index contributed by atoms with van der Waals surface area (Å²) in [6.45, 7) is 0.683. The normalized spacial score (nSPS) is 11.9. The summed E-state index contributed by atoms with van der Waals surface area (Å²) in [5.74, 6) is -0.848. The van der Waals surface area contributed by atoms with Crippen LogP contribution in [0.25, 0.3) is 5.65 Å². The van der Waals surface area contributed by atoms with E-state index >= 15 is 0 Å². The van der Waals surface area contributed by atoms with Crippen LogP contribution in [0.15, 0.2) is 73.1 Å². The monoisotopic (exact) mass is 464 g/mol. The minimum atomic E-state index is -2.97. The van der Waals surface area contributed by atoms with Gasteiger partial charge in [-0.25, -0.2) is 4.98 Å². The summed E-state index contributed by atoms with van der Waals surface area (Å²) >= 11 is 0. The third-order valence-electron chi connectivity index (χ3n) is 5.33. The first-order valence-corrected chi connectivity index (χ1v) is 10.5. The van der Waals surface area contributed by atoms with Crippen LogP contribution in [-0.4, -0.2) is 27.8 Å². The van der Waals surface area contributed by atoms with Crippen molar-refractivity contribution in [3.8, 4) is 5.75 Å². The van der Waals surface area contributed by atoms with Gasteiger partial charge in [-0.1, -0.05) is 24.3 Å². The van der Waals surface area contributed by atoms with Gasteiger partial charge in [0.1, 0.15) is 17.1 Å². The van der Waals surface area contributed by atoms with Crippen molar-refractivity contribution in [3.05, 3.63) is 95.4 Å². The van der Waals surface area contributed by atoms with Gasteiger partial charge in [0.25, 0.3) is 11.8 Å². The number of ether oxygens (including phenoxy) is 1. The number of fused-ring (bicyclic) bond motifs is 1. The lowest BCUT2D eigenvalue weighted by Gasteiger charge is -2.17. The fourth-order valence-electron chi connectivity index (χ4n) is 3.51. The van der Waals surface area contributed by atoms with E-state index in [9.17, 15) is 18.4 Å². The number of carbonyl (C=O) groups is 2. The highest BCUT2D eigenvalue weighted by Crippen LogP contribution is 2.23. The van der Waals surface area contributed by atoms with Gasteiger partial charge in [-0.2, -0.15) is 8.78 Å². The smallest absolute Gasteiger partial charge is 0.387 e. The highest BCUT2D eigenvalue weighted by atomic mass is 19.3. The molecular weight excluding hydrogens is 442 g/mol. The van der Waals surface area contributed by atoms with Crippen LogP contribution in [0.2, 0.25) is 0 Å². The maximum absolute atomic E-state index is 12.9. The standard InChI is InChI=1S/C25H22F2N4O3/c1-15-9-10-17(16(2)29-23(32)18-6-5-7-19(12-18)34-25(26)27)13-20(15)30-24(33)21-14-28-22-8-3-4-11-31(21)22/h3-14,16,25H,1-2H3,(H,29,32)(H,30,33)/t16-/m0/s1. The van der Waals surface area contributed by atoms with Crippen LogP contribution in [0, 0.1) is 6.92 Å². The first-order chi connectivity index (χ1) is 16.3. The lowest BCUT2D eigenvalue weighted by molar-refractivity contribution is -0.0498. The molecule has 0 fully saturated rings. The lowest BCUT2D eigenvalue weighted by Crippen LogP contribution is -2.27. The molecule has 174 valence electrons. The zero-order chi connectivity index (χ0) is 24.2. The number of amides is 2. The van der Waals surface area contributed by atoms with Gasteiger partial charge in [-0.3, -0.25) is 14.0 Å². The van der Waals surface area contributed by atoms with Crippen molar-refractivity contribution in [2.24, 2.45) is 0 Å². The van der Waals surface area contributed by atoms with Crippen molar-refractivity contribution in [2.45, 2.75) is 26.5 Å². The van der Waals surface area contributed by atoms with Gasteiger partial charge in [0.05, 0.1) is 12.2 Å². The Hall–Kier alpha value is -4.27. The average Bonchev–Trinajstić information content (AvgIpc) is 3.24. The minimum absolute atomic E-state index is 0.0944. The van der Waals surface area contributed by atoms with E-state index in [1.54, 1.807) is 23.6 Å². The molecule has 0 aliphatic carbocycles. The van der Waals surface area contributed by atoms with Crippen LogP contribution in [0.5, 0.6) is 5.75 Å². The molecule has 0 spiro atoms. The van der Waals surface area contributed by atoms with E-state index in [-0.39, 0.29) is 17.2 Å². The largest absolute Gasteiger partial charge is 0.435 e.